The van der Waals surface area contributed by atoms with Crippen molar-refractivity contribution in [3.05, 3.63) is 36.3 Å². The quantitative estimate of drug-likeness (QED) is 0.895. The Kier molecular flexibility index (Phi) is 5.19. The molecule has 0 radical (unpaired) electrons. The molecule has 2 heterocycles. The van der Waals surface area contributed by atoms with Crippen LogP contribution in [0.2, 0.25) is 0 Å². The molecule has 0 spiro atoms. The molecule has 7 heteroatoms. The number of anilines is 2. The van der Waals surface area contributed by atoms with Gasteiger partial charge in [-0.1, -0.05) is 0 Å². The fourth-order valence-corrected chi connectivity index (χ4v) is 2.97. The second kappa shape index (κ2) is 7.71. The first kappa shape index (κ1) is 16.8. The van der Waals surface area contributed by atoms with Crippen molar-refractivity contribution in [2.24, 2.45) is 0 Å². The summed E-state index contributed by atoms with van der Waals surface area (Å²) >= 11 is 0. The number of ether oxygens (including phenoxy) is 2. The van der Waals surface area contributed by atoms with Crippen LogP contribution in [0.5, 0.6) is 11.5 Å². The van der Waals surface area contributed by atoms with Crippen molar-refractivity contribution in [2.45, 2.75) is 18.9 Å². The predicted molar refractivity (Wildman–Crippen MR) is 95.2 cm³/mol. The van der Waals surface area contributed by atoms with Crippen LogP contribution in [0.1, 0.15) is 18.5 Å². The van der Waals surface area contributed by atoms with Gasteiger partial charge in [0.1, 0.15) is 23.4 Å². The lowest BCUT2D eigenvalue weighted by Crippen LogP contribution is -2.42. The molecule has 0 amide bonds. The van der Waals surface area contributed by atoms with Gasteiger partial charge in [-0.3, -0.25) is 0 Å². The zero-order chi connectivity index (χ0) is 17.6. The van der Waals surface area contributed by atoms with Gasteiger partial charge in [0.2, 0.25) is 0 Å². The van der Waals surface area contributed by atoms with E-state index < -0.39 is 0 Å². The highest BCUT2D eigenvalue weighted by atomic mass is 16.5. The number of methoxy groups -OCH3 is 2. The van der Waals surface area contributed by atoms with Crippen LogP contribution in [-0.2, 0) is 0 Å². The first-order valence-corrected chi connectivity index (χ1v) is 8.18. The van der Waals surface area contributed by atoms with Gasteiger partial charge in [0.15, 0.2) is 5.69 Å². The lowest BCUT2D eigenvalue weighted by atomic mass is 10.1. The Morgan fingerprint density at radius 3 is 2.52 bits per heavy atom. The third-order valence-corrected chi connectivity index (χ3v) is 4.22. The smallest absolute Gasteiger partial charge is 0.158 e. The van der Waals surface area contributed by atoms with Crippen molar-refractivity contribution >= 4 is 11.5 Å². The molecule has 0 saturated carbocycles. The van der Waals surface area contributed by atoms with Gasteiger partial charge in [-0.2, -0.15) is 5.26 Å². The molecule has 2 aromatic rings. The summed E-state index contributed by atoms with van der Waals surface area (Å²) in [5, 5.41) is 12.4. The lowest BCUT2D eigenvalue weighted by Gasteiger charge is -2.34. The number of benzene rings is 1. The summed E-state index contributed by atoms with van der Waals surface area (Å²) < 4.78 is 10.6. The summed E-state index contributed by atoms with van der Waals surface area (Å²) in [5.74, 6) is 2.31. The number of rotatable bonds is 5. The van der Waals surface area contributed by atoms with Crippen LogP contribution >= 0.6 is 0 Å². The molecule has 1 N–H and O–H groups in total. The van der Waals surface area contributed by atoms with Crippen molar-refractivity contribution < 1.29 is 9.47 Å². The Balaban J connectivity index is 1.70. The van der Waals surface area contributed by atoms with E-state index >= 15 is 0 Å². The average Bonchev–Trinajstić information content (AvgIpc) is 2.68. The number of hydrogen-bond acceptors (Lipinski definition) is 7. The van der Waals surface area contributed by atoms with Crippen LogP contribution in [-0.4, -0.2) is 43.3 Å². The van der Waals surface area contributed by atoms with Gasteiger partial charge in [-0.25, -0.2) is 9.97 Å². The highest BCUT2D eigenvalue weighted by molar-refractivity contribution is 5.54. The van der Waals surface area contributed by atoms with Crippen LogP contribution in [0, 0.1) is 11.3 Å². The van der Waals surface area contributed by atoms with Crippen molar-refractivity contribution in [1.82, 2.24) is 9.97 Å². The largest absolute Gasteiger partial charge is 0.497 e. The van der Waals surface area contributed by atoms with Gasteiger partial charge < -0.3 is 19.7 Å². The molecule has 1 unspecified atom stereocenters. The second-order valence-corrected chi connectivity index (χ2v) is 5.90. The van der Waals surface area contributed by atoms with Gasteiger partial charge in [0.05, 0.1) is 26.6 Å². The molecular formula is C18H21N5O2. The lowest BCUT2D eigenvalue weighted by molar-refractivity contribution is 0.394. The minimum absolute atomic E-state index is 0.281. The minimum Gasteiger partial charge on any atom is -0.497 e. The molecule has 1 saturated heterocycles. The second-order valence-electron chi connectivity index (χ2n) is 5.90. The first-order valence-electron chi connectivity index (χ1n) is 8.18. The van der Waals surface area contributed by atoms with Crippen molar-refractivity contribution in [3.63, 3.8) is 0 Å². The first-order chi connectivity index (χ1) is 12.2. The maximum atomic E-state index is 8.83. The topological polar surface area (TPSA) is 83.3 Å². The summed E-state index contributed by atoms with van der Waals surface area (Å²) in [4.78, 5) is 10.6. The fraction of sp³-hybridized carbons (Fsp3) is 0.389. The molecule has 1 aromatic carbocycles. The van der Waals surface area contributed by atoms with Gasteiger partial charge >= 0.3 is 0 Å². The molecule has 3 rings (SSSR count). The van der Waals surface area contributed by atoms with E-state index in [1.807, 2.05) is 24.3 Å². The summed E-state index contributed by atoms with van der Waals surface area (Å²) in [7, 11) is 3.29. The van der Waals surface area contributed by atoms with Crippen LogP contribution in [0.25, 0.3) is 0 Å². The van der Waals surface area contributed by atoms with E-state index in [9.17, 15) is 0 Å². The highest BCUT2D eigenvalue weighted by Gasteiger charge is 2.21. The van der Waals surface area contributed by atoms with Crippen LogP contribution < -0.4 is 19.7 Å². The Morgan fingerprint density at radius 2 is 1.92 bits per heavy atom. The van der Waals surface area contributed by atoms with Crippen LogP contribution in [0.4, 0.5) is 11.5 Å². The normalized spacial score (nSPS) is 16.8. The number of nitrogens with zero attached hydrogens (tertiary/aromatic N) is 4. The fourth-order valence-electron chi connectivity index (χ4n) is 2.97. The third kappa shape index (κ3) is 4.10. The standard InChI is InChI=1S/C18H21N5O2/c1-24-16-6-14(7-17(8-16)25-2)22-13-4-3-5-23(12-13)18-11-20-15(9-19)10-21-18/h6-8,10-11,13,22H,3-5,12H2,1-2H3. The molecule has 7 nitrogen and oxygen atoms in total. The third-order valence-electron chi connectivity index (χ3n) is 4.22. The molecular weight excluding hydrogens is 318 g/mol. The van der Waals surface area contributed by atoms with Gasteiger partial charge in [-0.05, 0) is 12.8 Å². The number of nitrogens with one attached hydrogen (secondary N) is 1. The Morgan fingerprint density at radius 1 is 1.16 bits per heavy atom. The van der Waals surface area contributed by atoms with E-state index in [1.165, 1.54) is 6.20 Å². The molecule has 1 aliphatic rings. The Labute approximate surface area is 147 Å². The number of nitriles is 1. The SMILES string of the molecule is COc1cc(NC2CCCN(c3cnc(C#N)cn3)C2)cc(OC)c1. The van der Waals surface area contributed by atoms with Crippen molar-refractivity contribution in [1.29, 1.82) is 5.26 Å². The van der Waals surface area contributed by atoms with E-state index in [2.05, 4.69) is 20.2 Å². The zero-order valence-corrected chi connectivity index (χ0v) is 14.4. The number of aromatic nitrogens is 2. The Bertz CT molecular complexity index is 735. The van der Waals surface area contributed by atoms with E-state index in [-0.39, 0.29) is 6.04 Å². The monoisotopic (exact) mass is 339 g/mol. The summed E-state index contributed by atoms with van der Waals surface area (Å²) in [5.41, 5.74) is 1.30. The average molecular weight is 339 g/mol. The maximum absolute atomic E-state index is 8.83. The number of hydrogen-bond donors (Lipinski definition) is 1. The summed E-state index contributed by atoms with van der Waals surface area (Å²) in [6, 6.07) is 8.05. The minimum atomic E-state index is 0.281. The van der Waals surface area contributed by atoms with Crippen molar-refractivity contribution in [2.75, 3.05) is 37.5 Å². The summed E-state index contributed by atoms with van der Waals surface area (Å²) in [6.45, 7) is 1.75. The van der Waals surface area contributed by atoms with Gasteiger partial charge in [0, 0.05) is 43.0 Å². The van der Waals surface area contributed by atoms with Gasteiger partial charge in [0.25, 0.3) is 0 Å². The van der Waals surface area contributed by atoms with Crippen LogP contribution in [0.3, 0.4) is 0 Å². The molecule has 1 aliphatic heterocycles. The Hall–Kier alpha value is -3.01. The zero-order valence-electron chi connectivity index (χ0n) is 14.4. The van der Waals surface area contributed by atoms with E-state index in [0.29, 0.717) is 5.69 Å². The highest BCUT2D eigenvalue weighted by Crippen LogP contribution is 2.27. The van der Waals surface area contributed by atoms with Crippen LogP contribution in [0.15, 0.2) is 30.6 Å². The summed E-state index contributed by atoms with van der Waals surface area (Å²) in [6.07, 6.45) is 5.30. The molecule has 1 atom stereocenters. The van der Waals surface area contributed by atoms with E-state index in [1.54, 1.807) is 20.4 Å². The predicted octanol–water partition coefficient (Wildman–Crippen LogP) is 2.45. The molecule has 1 fully saturated rings. The molecule has 0 bridgehead atoms. The molecule has 25 heavy (non-hydrogen) atoms. The molecule has 1 aromatic heterocycles. The molecule has 130 valence electrons. The van der Waals surface area contributed by atoms with Crippen molar-refractivity contribution in [3.8, 4) is 17.6 Å². The van der Waals surface area contributed by atoms with Gasteiger partial charge in [-0.15, -0.1) is 0 Å². The van der Waals surface area contributed by atoms with E-state index in [4.69, 9.17) is 14.7 Å². The van der Waals surface area contributed by atoms with E-state index in [0.717, 1.165) is 48.9 Å². The maximum Gasteiger partial charge on any atom is 0.158 e. The number of piperidine rings is 1. The molecule has 0 aliphatic carbocycles.